The lowest BCUT2D eigenvalue weighted by Gasteiger charge is -2.29. The summed E-state index contributed by atoms with van der Waals surface area (Å²) in [6.07, 6.45) is 1.25. The average molecular weight is 356 g/mol. The lowest BCUT2D eigenvalue weighted by Crippen LogP contribution is -2.42. The van der Waals surface area contributed by atoms with Crippen molar-refractivity contribution in [3.8, 4) is 5.75 Å². The molecule has 0 radical (unpaired) electrons. The summed E-state index contributed by atoms with van der Waals surface area (Å²) < 4.78 is 15.9. The van der Waals surface area contributed by atoms with E-state index in [2.05, 4.69) is 21.2 Å². The molecule has 1 aromatic carbocycles. The Labute approximate surface area is 130 Å². The van der Waals surface area contributed by atoms with Crippen LogP contribution in [0.2, 0.25) is 0 Å². The number of carbonyl (C=O) groups excluding carboxylic acids is 2. The number of carbonyl (C=O) groups is 2. The zero-order chi connectivity index (χ0) is 15.6. The Balaban J connectivity index is 2.19. The number of hydrogen-bond donors (Lipinski definition) is 1. The number of hydrogen-bond acceptors (Lipinski definition) is 6. The van der Waals surface area contributed by atoms with E-state index in [0.29, 0.717) is 11.4 Å². The van der Waals surface area contributed by atoms with Crippen molar-refractivity contribution in [1.82, 2.24) is 0 Å². The van der Waals surface area contributed by atoms with Crippen molar-refractivity contribution in [1.29, 1.82) is 0 Å². The van der Waals surface area contributed by atoms with E-state index in [9.17, 15) is 9.59 Å². The molecule has 1 heterocycles. The van der Waals surface area contributed by atoms with Gasteiger partial charge in [-0.1, -0.05) is 15.9 Å². The Hall–Kier alpha value is -2.02. The van der Waals surface area contributed by atoms with E-state index >= 15 is 0 Å². The molecule has 7 heteroatoms. The quantitative estimate of drug-likeness (QED) is 0.510. The average Bonchev–Trinajstić information content (AvgIpc) is 2.35. The van der Waals surface area contributed by atoms with Crippen LogP contribution >= 0.6 is 15.9 Å². The van der Waals surface area contributed by atoms with Crippen molar-refractivity contribution in [2.45, 2.75) is 19.6 Å². The number of methoxy groups -OCH3 is 1. The monoisotopic (exact) mass is 355 g/mol. The van der Waals surface area contributed by atoms with E-state index in [4.69, 9.17) is 14.2 Å². The summed E-state index contributed by atoms with van der Waals surface area (Å²) in [7, 11) is 1.54. The van der Waals surface area contributed by atoms with Crippen LogP contribution in [0.15, 0.2) is 34.4 Å². The largest absolute Gasteiger partial charge is 0.497 e. The molecule has 0 amide bonds. The van der Waals surface area contributed by atoms with Gasteiger partial charge in [0.25, 0.3) is 5.79 Å². The smallest absolute Gasteiger partial charge is 0.350 e. The zero-order valence-corrected chi connectivity index (χ0v) is 13.3. The van der Waals surface area contributed by atoms with Crippen LogP contribution in [0.5, 0.6) is 5.75 Å². The third kappa shape index (κ3) is 3.75. The van der Waals surface area contributed by atoms with Crippen molar-refractivity contribution >= 4 is 33.6 Å². The van der Waals surface area contributed by atoms with Crippen molar-refractivity contribution in [3.63, 3.8) is 0 Å². The Morgan fingerprint density at radius 1 is 1.19 bits per heavy atom. The highest BCUT2D eigenvalue weighted by Crippen LogP contribution is 2.26. The summed E-state index contributed by atoms with van der Waals surface area (Å²) in [4.78, 5) is 23.5. The minimum atomic E-state index is -1.25. The maximum atomic E-state index is 11.8. The zero-order valence-electron chi connectivity index (χ0n) is 11.7. The van der Waals surface area contributed by atoms with E-state index in [-0.39, 0.29) is 5.57 Å². The first-order valence-electron chi connectivity index (χ1n) is 6.09. The van der Waals surface area contributed by atoms with Gasteiger partial charge in [0.05, 0.1) is 7.11 Å². The normalized spacial score (nSPS) is 16.9. The predicted octanol–water partition coefficient (Wildman–Crippen LogP) is 2.59. The second kappa shape index (κ2) is 5.77. The lowest BCUT2D eigenvalue weighted by molar-refractivity contribution is -0.222. The standard InChI is InChI=1S/C14H14BrNO5/c1-14(2)20-12(17)11(13(18)21-14)7-16-9-4-8(15)5-10(6-9)19-3/h4-7,16H,1-3H3. The van der Waals surface area contributed by atoms with Crippen LogP contribution in [0.1, 0.15) is 13.8 Å². The number of anilines is 1. The van der Waals surface area contributed by atoms with Gasteiger partial charge in [-0.05, 0) is 12.1 Å². The number of esters is 2. The predicted molar refractivity (Wildman–Crippen MR) is 78.7 cm³/mol. The summed E-state index contributed by atoms with van der Waals surface area (Å²) in [5.41, 5.74) is 0.437. The Kier molecular flexibility index (Phi) is 4.22. The number of benzene rings is 1. The number of cyclic esters (lactones) is 2. The fourth-order valence-electron chi connectivity index (χ4n) is 1.70. The van der Waals surface area contributed by atoms with Crippen molar-refractivity contribution in [2.24, 2.45) is 0 Å². The summed E-state index contributed by atoms with van der Waals surface area (Å²) in [6, 6.07) is 5.26. The molecule has 0 spiro atoms. The van der Waals surface area contributed by atoms with Crippen molar-refractivity contribution in [3.05, 3.63) is 34.4 Å². The fraction of sp³-hybridized carbons (Fsp3) is 0.286. The maximum Gasteiger partial charge on any atom is 0.350 e. The van der Waals surface area contributed by atoms with Gasteiger partial charge in [-0.25, -0.2) is 9.59 Å². The van der Waals surface area contributed by atoms with Crippen molar-refractivity contribution < 1.29 is 23.8 Å². The van der Waals surface area contributed by atoms with Gasteiger partial charge in [0.15, 0.2) is 5.57 Å². The van der Waals surface area contributed by atoms with Crippen LogP contribution in [0.4, 0.5) is 5.69 Å². The van der Waals surface area contributed by atoms with E-state index < -0.39 is 17.7 Å². The van der Waals surface area contributed by atoms with E-state index in [1.54, 1.807) is 25.3 Å². The maximum absolute atomic E-state index is 11.8. The first-order chi connectivity index (χ1) is 9.80. The summed E-state index contributed by atoms with van der Waals surface area (Å²) in [6.45, 7) is 2.98. The molecule has 1 aliphatic rings. The van der Waals surface area contributed by atoms with Crippen LogP contribution in [0.3, 0.4) is 0 Å². The van der Waals surface area contributed by atoms with Crippen LogP contribution in [-0.2, 0) is 19.1 Å². The molecule has 1 saturated heterocycles. The highest BCUT2D eigenvalue weighted by molar-refractivity contribution is 9.10. The molecule has 112 valence electrons. The number of rotatable bonds is 3. The van der Waals surface area contributed by atoms with E-state index in [0.717, 1.165) is 4.47 Å². The van der Waals surface area contributed by atoms with Crippen LogP contribution in [0.25, 0.3) is 0 Å². The molecule has 0 unspecified atom stereocenters. The SMILES string of the molecule is COc1cc(Br)cc(NC=C2C(=O)OC(C)(C)OC2=O)c1. The number of nitrogens with one attached hydrogen (secondary N) is 1. The third-order valence-electron chi connectivity index (χ3n) is 2.61. The topological polar surface area (TPSA) is 73.9 Å². The van der Waals surface area contributed by atoms with Gasteiger partial charge in [-0.2, -0.15) is 0 Å². The Morgan fingerprint density at radius 3 is 2.38 bits per heavy atom. The summed E-state index contributed by atoms with van der Waals surface area (Å²) >= 11 is 3.33. The van der Waals surface area contributed by atoms with Crippen LogP contribution in [-0.4, -0.2) is 24.8 Å². The van der Waals surface area contributed by atoms with E-state index in [1.807, 2.05) is 0 Å². The van der Waals surface area contributed by atoms with Crippen LogP contribution in [0, 0.1) is 0 Å². The van der Waals surface area contributed by atoms with Gasteiger partial charge < -0.3 is 19.5 Å². The van der Waals surface area contributed by atoms with Gasteiger partial charge in [0.2, 0.25) is 0 Å². The second-order valence-corrected chi connectivity index (χ2v) is 5.68. The molecule has 0 bridgehead atoms. The third-order valence-corrected chi connectivity index (χ3v) is 3.06. The molecule has 0 aliphatic carbocycles. The highest BCUT2D eigenvalue weighted by atomic mass is 79.9. The molecule has 0 saturated carbocycles. The highest BCUT2D eigenvalue weighted by Gasteiger charge is 2.38. The molecular weight excluding hydrogens is 342 g/mol. The molecule has 0 atom stereocenters. The fourth-order valence-corrected chi connectivity index (χ4v) is 2.17. The molecule has 6 nitrogen and oxygen atoms in total. The van der Waals surface area contributed by atoms with Gasteiger partial charge in [0.1, 0.15) is 5.75 Å². The number of ether oxygens (including phenoxy) is 3. The summed E-state index contributed by atoms with van der Waals surface area (Å²) in [5.74, 6) is -2.08. The minimum Gasteiger partial charge on any atom is -0.497 e. The van der Waals surface area contributed by atoms with Crippen molar-refractivity contribution in [2.75, 3.05) is 12.4 Å². The van der Waals surface area contributed by atoms with Gasteiger partial charge in [-0.3, -0.25) is 0 Å². The Bertz CT molecular complexity index is 602. The molecule has 1 fully saturated rings. The molecule has 1 aliphatic heterocycles. The van der Waals surface area contributed by atoms with Crippen LogP contribution < -0.4 is 10.1 Å². The molecular formula is C14H14BrNO5. The van der Waals surface area contributed by atoms with Gasteiger partial charge in [0, 0.05) is 36.3 Å². The molecule has 1 aromatic rings. The second-order valence-electron chi connectivity index (χ2n) is 4.76. The summed E-state index contributed by atoms with van der Waals surface area (Å²) in [5, 5.41) is 2.84. The molecule has 1 N–H and O–H groups in total. The molecule has 2 rings (SSSR count). The minimum absolute atomic E-state index is 0.201. The van der Waals surface area contributed by atoms with Gasteiger partial charge >= 0.3 is 11.9 Å². The van der Waals surface area contributed by atoms with E-state index in [1.165, 1.54) is 20.0 Å². The molecule has 0 aromatic heterocycles. The Morgan fingerprint density at radius 2 is 1.81 bits per heavy atom. The number of halogens is 1. The lowest BCUT2D eigenvalue weighted by atomic mass is 10.2. The first kappa shape index (κ1) is 15.4. The molecule has 21 heavy (non-hydrogen) atoms. The van der Waals surface area contributed by atoms with Gasteiger partial charge in [-0.15, -0.1) is 0 Å². The first-order valence-corrected chi connectivity index (χ1v) is 6.88.